The second-order valence-electron chi connectivity index (χ2n) is 4.89. The maximum atomic E-state index is 12.2. The summed E-state index contributed by atoms with van der Waals surface area (Å²) in [5.74, 6) is -0.381. The van der Waals surface area contributed by atoms with Gasteiger partial charge in [-0.15, -0.1) is 11.3 Å². The average Bonchev–Trinajstić information content (AvgIpc) is 2.85. The summed E-state index contributed by atoms with van der Waals surface area (Å²) in [6.45, 7) is 5.96. The van der Waals surface area contributed by atoms with E-state index in [-0.39, 0.29) is 11.5 Å². The molecule has 0 aliphatic carbocycles. The molecule has 0 bridgehead atoms. The van der Waals surface area contributed by atoms with Crippen LogP contribution in [0.5, 0.6) is 0 Å². The normalized spacial score (nSPS) is 11.0. The van der Waals surface area contributed by atoms with Crippen molar-refractivity contribution < 1.29 is 4.79 Å². The number of carbonyl (C=O) groups excluding carboxylic acids is 1. The van der Waals surface area contributed by atoms with Crippen molar-refractivity contribution in [2.24, 2.45) is 0 Å². The molecule has 21 heavy (non-hydrogen) atoms. The second kappa shape index (κ2) is 6.38. The summed E-state index contributed by atoms with van der Waals surface area (Å²) in [6.07, 6.45) is 1.64. The zero-order chi connectivity index (χ0) is 15.4. The summed E-state index contributed by atoms with van der Waals surface area (Å²) in [5.41, 5.74) is 4.14. The van der Waals surface area contributed by atoms with Gasteiger partial charge in [0.25, 0.3) is 5.91 Å². The quantitative estimate of drug-likeness (QED) is 0.681. The Hall–Kier alpha value is -2.38. The maximum Gasteiger partial charge on any atom is 0.266 e. The number of benzene rings is 1. The topological polar surface area (TPSA) is 52.9 Å². The van der Waals surface area contributed by atoms with Crippen LogP contribution >= 0.6 is 11.3 Å². The van der Waals surface area contributed by atoms with Crippen LogP contribution in [0.2, 0.25) is 0 Å². The van der Waals surface area contributed by atoms with Crippen molar-refractivity contribution in [3.8, 4) is 6.07 Å². The zero-order valence-electron chi connectivity index (χ0n) is 12.2. The molecular weight excluding hydrogens is 280 g/mol. The second-order valence-corrected chi connectivity index (χ2v) is 5.84. The predicted molar refractivity (Wildman–Crippen MR) is 87.2 cm³/mol. The third-order valence-corrected chi connectivity index (χ3v) is 4.27. The monoisotopic (exact) mass is 296 g/mol. The minimum atomic E-state index is -0.381. The van der Waals surface area contributed by atoms with Gasteiger partial charge in [0, 0.05) is 10.6 Å². The molecule has 1 aromatic heterocycles. The molecule has 0 atom stereocenters. The zero-order valence-corrected chi connectivity index (χ0v) is 13.0. The standard InChI is InChI=1S/C17H16N2OS/c1-11-4-5-15(8-13(11)3)19-17(20)14(10-18)9-16-12(2)6-7-21-16/h4-9H,1-3H3,(H,19,20)/b14-9-. The van der Waals surface area contributed by atoms with E-state index in [2.05, 4.69) is 5.32 Å². The summed E-state index contributed by atoms with van der Waals surface area (Å²) in [6, 6.07) is 9.62. The van der Waals surface area contributed by atoms with Crippen LogP contribution in [-0.4, -0.2) is 5.91 Å². The Kier molecular flexibility index (Phi) is 4.56. The number of thiophene rings is 1. The van der Waals surface area contributed by atoms with E-state index in [1.54, 1.807) is 6.08 Å². The molecule has 0 unspecified atom stereocenters. The fraction of sp³-hybridized carbons (Fsp3) is 0.176. The van der Waals surface area contributed by atoms with Crippen LogP contribution in [-0.2, 0) is 4.79 Å². The van der Waals surface area contributed by atoms with Gasteiger partial charge in [-0.1, -0.05) is 6.07 Å². The lowest BCUT2D eigenvalue weighted by Crippen LogP contribution is -2.13. The number of nitrogens with one attached hydrogen (secondary N) is 1. The molecule has 0 aliphatic rings. The third kappa shape index (κ3) is 3.59. The highest BCUT2D eigenvalue weighted by molar-refractivity contribution is 7.11. The first-order chi connectivity index (χ1) is 10.0. The van der Waals surface area contributed by atoms with Gasteiger partial charge in [0.15, 0.2) is 0 Å². The Labute approximate surface area is 128 Å². The molecule has 0 saturated carbocycles. The first kappa shape index (κ1) is 15.0. The number of nitrogens with zero attached hydrogens (tertiary/aromatic N) is 1. The molecule has 0 fully saturated rings. The van der Waals surface area contributed by atoms with E-state index in [4.69, 9.17) is 0 Å². The van der Waals surface area contributed by atoms with Gasteiger partial charge in [0.1, 0.15) is 11.6 Å². The molecule has 1 amide bonds. The van der Waals surface area contributed by atoms with Gasteiger partial charge in [0.2, 0.25) is 0 Å². The van der Waals surface area contributed by atoms with Crippen molar-refractivity contribution >= 4 is 29.0 Å². The van der Waals surface area contributed by atoms with E-state index in [0.29, 0.717) is 5.69 Å². The molecule has 106 valence electrons. The maximum absolute atomic E-state index is 12.2. The van der Waals surface area contributed by atoms with Crippen LogP contribution in [0.25, 0.3) is 6.08 Å². The molecule has 4 heteroatoms. The van der Waals surface area contributed by atoms with Crippen LogP contribution in [0.1, 0.15) is 21.6 Å². The predicted octanol–water partition coefficient (Wildman–Crippen LogP) is 4.22. The Balaban J connectivity index is 2.22. The van der Waals surface area contributed by atoms with Crippen LogP contribution in [0.3, 0.4) is 0 Å². The number of aryl methyl sites for hydroxylation is 3. The fourth-order valence-electron chi connectivity index (χ4n) is 1.83. The number of hydrogen-bond donors (Lipinski definition) is 1. The number of anilines is 1. The number of carbonyl (C=O) groups is 1. The minimum absolute atomic E-state index is 0.110. The SMILES string of the molecule is Cc1ccc(NC(=O)/C(C#N)=C\c2sccc2C)cc1C. The molecule has 1 N–H and O–H groups in total. The van der Waals surface area contributed by atoms with Crippen LogP contribution in [0.4, 0.5) is 5.69 Å². The summed E-state index contributed by atoms with van der Waals surface area (Å²) in [5, 5.41) is 13.9. The van der Waals surface area contributed by atoms with Gasteiger partial charge < -0.3 is 5.32 Å². The van der Waals surface area contributed by atoms with E-state index in [1.807, 2.05) is 56.5 Å². The summed E-state index contributed by atoms with van der Waals surface area (Å²) >= 11 is 1.51. The molecule has 1 aromatic carbocycles. The van der Waals surface area contributed by atoms with E-state index in [0.717, 1.165) is 16.0 Å². The van der Waals surface area contributed by atoms with Crippen LogP contribution < -0.4 is 5.32 Å². The number of hydrogen-bond acceptors (Lipinski definition) is 3. The Bertz CT molecular complexity index is 750. The van der Waals surface area contributed by atoms with Crippen LogP contribution in [0.15, 0.2) is 35.2 Å². The van der Waals surface area contributed by atoms with Crippen molar-refractivity contribution in [3.05, 3.63) is 56.8 Å². The highest BCUT2D eigenvalue weighted by Gasteiger charge is 2.11. The summed E-state index contributed by atoms with van der Waals surface area (Å²) in [7, 11) is 0. The molecule has 2 aromatic rings. The lowest BCUT2D eigenvalue weighted by Gasteiger charge is -2.07. The molecule has 0 aliphatic heterocycles. The van der Waals surface area contributed by atoms with E-state index in [9.17, 15) is 10.1 Å². The number of rotatable bonds is 3. The van der Waals surface area contributed by atoms with E-state index < -0.39 is 0 Å². The molecule has 0 radical (unpaired) electrons. The number of amides is 1. The highest BCUT2D eigenvalue weighted by Crippen LogP contribution is 2.20. The van der Waals surface area contributed by atoms with Gasteiger partial charge in [0.05, 0.1) is 0 Å². The van der Waals surface area contributed by atoms with E-state index in [1.165, 1.54) is 16.9 Å². The lowest BCUT2D eigenvalue weighted by molar-refractivity contribution is -0.112. The summed E-state index contributed by atoms with van der Waals surface area (Å²) in [4.78, 5) is 13.1. The molecule has 1 heterocycles. The number of nitriles is 1. The average molecular weight is 296 g/mol. The highest BCUT2D eigenvalue weighted by atomic mass is 32.1. The van der Waals surface area contributed by atoms with Crippen molar-refractivity contribution in [1.29, 1.82) is 5.26 Å². The Morgan fingerprint density at radius 1 is 1.19 bits per heavy atom. The Morgan fingerprint density at radius 2 is 1.95 bits per heavy atom. The molecule has 0 spiro atoms. The molecule has 0 saturated heterocycles. The van der Waals surface area contributed by atoms with Gasteiger partial charge in [-0.3, -0.25) is 4.79 Å². The minimum Gasteiger partial charge on any atom is -0.321 e. The van der Waals surface area contributed by atoms with Crippen LogP contribution in [0, 0.1) is 32.1 Å². The molecular formula is C17H16N2OS. The fourth-order valence-corrected chi connectivity index (χ4v) is 2.69. The van der Waals surface area contributed by atoms with E-state index >= 15 is 0 Å². The van der Waals surface area contributed by atoms with Crippen molar-refractivity contribution in [2.75, 3.05) is 5.32 Å². The third-order valence-electron chi connectivity index (χ3n) is 3.31. The van der Waals surface area contributed by atoms with Crippen molar-refractivity contribution in [2.45, 2.75) is 20.8 Å². The smallest absolute Gasteiger partial charge is 0.266 e. The van der Waals surface area contributed by atoms with Crippen molar-refractivity contribution in [3.63, 3.8) is 0 Å². The van der Waals surface area contributed by atoms with Gasteiger partial charge >= 0.3 is 0 Å². The first-order valence-corrected chi connectivity index (χ1v) is 7.43. The lowest BCUT2D eigenvalue weighted by atomic mass is 10.1. The van der Waals surface area contributed by atoms with Gasteiger partial charge in [-0.2, -0.15) is 5.26 Å². The molecule has 3 nitrogen and oxygen atoms in total. The summed E-state index contributed by atoms with van der Waals surface area (Å²) < 4.78 is 0. The Morgan fingerprint density at radius 3 is 2.52 bits per heavy atom. The largest absolute Gasteiger partial charge is 0.321 e. The molecule has 2 rings (SSSR count). The first-order valence-electron chi connectivity index (χ1n) is 6.55. The van der Waals surface area contributed by atoms with Crippen molar-refractivity contribution in [1.82, 2.24) is 0 Å². The van der Waals surface area contributed by atoms with Gasteiger partial charge in [-0.05, 0) is 67.1 Å². The van der Waals surface area contributed by atoms with Gasteiger partial charge in [-0.25, -0.2) is 0 Å².